The van der Waals surface area contributed by atoms with E-state index in [1.807, 2.05) is 38.4 Å². The van der Waals surface area contributed by atoms with Gasteiger partial charge in [0.2, 0.25) is 17.8 Å². The first-order valence-electron chi connectivity index (χ1n) is 15.6. The van der Waals surface area contributed by atoms with Crippen molar-refractivity contribution >= 4 is 40.9 Å². The predicted octanol–water partition coefficient (Wildman–Crippen LogP) is 3.42. The third-order valence-electron chi connectivity index (χ3n) is 8.84. The van der Waals surface area contributed by atoms with Gasteiger partial charge in [-0.3, -0.25) is 4.79 Å². The molecule has 3 N–H and O–H groups in total. The molecule has 2 aromatic carbocycles. The van der Waals surface area contributed by atoms with E-state index >= 15 is 0 Å². The van der Waals surface area contributed by atoms with E-state index in [1.54, 1.807) is 29.2 Å². The van der Waals surface area contributed by atoms with E-state index in [2.05, 4.69) is 25.8 Å². The Kier molecular flexibility index (Phi) is 8.21. The molecule has 13 nitrogen and oxygen atoms in total. The van der Waals surface area contributed by atoms with Crippen molar-refractivity contribution in [3.63, 3.8) is 0 Å². The number of morpholine rings is 2. The number of hydrogen-bond donors (Lipinski definition) is 3. The van der Waals surface area contributed by atoms with E-state index in [4.69, 9.17) is 24.4 Å². The standard InChI is InChI=1S/C32H39N9O4/c1-39(2)15-28(42)33-21-7-9-23(10-8-21)35-32(43)34-22-5-3-20(4-6-22)29-36-30(40-24-11-12-25(40)17-44-16-24)38-31(37-29)41-26-13-14-27(41)19-45-18-26/h3-10,24-27H,11-19H2,1-2H3,(H,33,42)(H2,34,35,43). The van der Waals surface area contributed by atoms with Gasteiger partial charge >= 0.3 is 6.03 Å². The zero-order valence-electron chi connectivity index (χ0n) is 25.6. The molecular formula is C32H39N9O4. The molecule has 4 atom stereocenters. The number of benzene rings is 2. The molecule has 7 rings (SSSR count). The molecule has 0 radical (unpaired) electrons. The number of carbonyl (C=O) groups is 2. The first-order valence-corrected chi connectivity index (χ1v) is 15.6. The largest absolute Gasteiger partial charge is 0.377 e. The number of amides is 3. The average molecular weight is 614 g/mol. The number of nitrogens with zero attached hydrogens (tertiary/aromatic N) is 6. The fourth-order valence-corrected chi connectivity index (χ4v) is 6.74. The Labute approximate surface area is 262 Å². The van der Waals surface area contributed by atoms with E-state index in [1.165, 1.54) is 0 Å². The normalized spacial score (nSPS) is 23.7. The van der Waals surface area contributed by atoms with Crippen LogP contribution in [-0.4, -0.2) is 103 Å². The fourth-order valence-electron chi connectivity index (χ4n) is 6.74. The quantitative estimate of drug-likeness (QED) is 0.347. The summed E-state index contributed by atoms with van der Waals surface area (Å²) in [6.45, 7) is 3.05. The Morgan fingerprint density at radius 2 is 1.11 bits per heavy atom. The van der Waals surface area contributed by atoms with E-state index in [9.17, 15) is 9.59 Å². The molecule has 45 heavy (non-hydrogen) atoms. The summed E-state index contributed by atoms with van der Waals surface area (Å²) in [6, 6.07) is 15.2. The van der Waals surface area contributed by atoms with Gasteiger partial charge in [0.05, 0.1) is 57.1 Å². The lowest BCUT2D eigenvalue weighted by Gasteiger charge is -2.37. The second-order valence-electron chi connectivity index (χ2n) is 12.4. The summed E-state index contributed by atoms with van der Waals surface area (Å²) in [5.74, 6) is 1.93. The lowest BCUT2D eigenvalue weighted by Crippen LogP contribution is -2.48. The van der Waals surface area contributed by atoms with Gasteiger partial charge in [0, 0.05) is 22.6 Å². The van der Waals surface area contributed by atoms with Crippen LogP contribution in [0.2, 0.25) is 0 Å². The van der Waals surface area contributed by atoms with Crippen LogP contribution < -0.4 is 25.8 Å². The molecule has 4 saturated heterocycles. The smallest absolute Gasteiger partial charge is 0.323 e. The second kappa shape index (κ2) is 12.6. The summed E-state index contributed by atoms with van der Waals surface area (Å²) in [4.78, 5) is 46.2. The van der Waals surface area contributed by atoms with Crippen LogP contribution in [0.4, 0.5) is 33.8 Å². The molecule has 3 aromatic rings. The minimum atomic E-state index is -0.373. The minimum absolute atomic E-state index is 0.104. The molecule has 0 spiro atoms. The van der Waals surface area contributed by atoms with E-state index in [0.717, 1.165) is 31.2 Å². The SMILES string of the molecule is CN(C)CC(=O)Nc1ccc(NC(=O)Nc2ccc(-c3nc(N4C5CCC4COC5)nc(N4C5CCC4COC5)n3)cc2)cc1. The highest BCUT2D eigenvalue weighted by Crippen LogP contribution is 2.37. The zero-order valence-corrected chi connectivity index (χ0v) is 25.6. The van der Waals surface area contributed by atoms with Gasteiger partial charge in [-0.15, -0.1) is 0 Å². The van der Waals surface area contributed by atoms with Gasteiger partial charge in [-0.2, -0.15) is 15.0 Å². The van der Waals surface area contributed by atoms with Crippen LogP contribution >= 0.6 is 0 Å². The number of fused-ring (bicyclic) bond motifs is 4. The Balaban J connectivity index is 1.06. The van der Waals surface area contributed by atoms with Crippen LogP contribution in [0, 0.1) is 0 Å². The van der Waals surface area contributed by atoms with Crippen molar-refractivity contribution in [1.82, 2.24) is 19.9 Å². The molecule has 3 amide bonds. The van der Waals surface area contributed by atoms with E-state index < -0.39 is 0 Å². The Bertz CT molecular complexity index is 1450. The molecule has 13 heteroatoms. The minimum Gasteiger partial charge on any atom is -0.377 e. The van der Waals surface area contributed by atoms with E-state index in [-0.39, 0.29) is 36.1 Å². The van der Waals surface area contributed by atoms with Crippen molar-refractivity contribution in [3.8, 4) is 11.4 Å². The summed E-state index contributed by atoms with van der Waals surface area (Å²) in [7, 11) is 3.67. The molecule has 0 aliphatic carbocycles. The number of hydrogen-bond acceptors (Lipinski definition) is 10. The number of anilines is 5. The van der Waals surface area contributed by atoms with Crippen molar-refractivity contribution in [1.29, 1.82) is 0 Å². The molecule has 5 heterocycles. The van der Waals surface area contributed by atoms with Crippen molar-refractivity contribution in [2.75, 3.05) is 72.8 Å². The molecule has 4 aliphatic rings. The van der Waals surface area contributed by atoms with Crippen LogP contribution in [-0.2, 0) is 14.3 Å². The molecule has 0 saturated carbocycles. The summed E-state index contributed by atoms with van der Waals surface area (Å²) in [6.07, 6.45) is 4.29. The molecule has 4 aliphatic heterocycles. The van der Waals surface area contributed by atoms with Crippen LogP contribution in [0.25, 0.3) is 11.4 Å². The predicted molar refractivity (Wildman–Crippen MR) is 172 cm³/mol. The van der Waals surface area contributed by atoms with Crippen LogP contribution in [0.15, 0.2) is 48.5 Å². The van der Waals surface area contributed by atoms with Crippen molar-refractivity contribution < 1.29 is 19.1 Å². The van der Waals surface area contributed by atoms with Crippen LogP contribution in [0.5, 0.6) is 0 Å². The van der Waals surface area contributed by atoms with Crippen molar-refractivity contribution in [2.24, 2.45) is 0 Å². The molecular weight excluding hydrogens is 574 g/mol. The van der Waals surface area contributed by atoms with Gasteiger partial charge in [-0.25, -0.2) is 4.79 Å². The third-order valence-corrected chi connectivity index (χ3v) is 8.84. The Morgan fingerprint density at radius 1 is 0.689 bits per heavy atom. The maximum absolute atomic E-state index is 12.7. The number of nitrogens with one attached hydrogen (secondary N) is 3. The van der Waals surface area contributed by atoms with Gasteiger partial charge in [0.1, 0.15) is 0 Å². The van der Waals surface area contributed by atoms with Crippen LogP contribution in [0.1, 0.15) is 25.7 Å². The lowest BCUT2D eigenvalue weighted by atomic mass is 10.2. The summed E-state index contributed by atoms with van der Waals surface area (Å²) in [5.41, 5.74) is 2.75. The number of carbonyl (C=O) groups excluding carboxylic acids is 2. The van der Waals surface area contributed by atoms with Crippen molar-refractivity contribution in [3.05, 3.63) is 48.5 Å². The highest BCUT2D eigenvalue weighted by molar-refractivity contribution is 6.00. The Hall–Kier alpha value is -4.33. The van der Waals surface area contributed by atoms with E-state index in [0.29, 0.717) is 67.8 Å². The number of urea groups is 1. The fraction of sp³-hybridized carbons (Fsp3) is 0.469. The second-order valence-corrected chi connectivity index (χ2v) is 12.4. The maximum atomic E-state index is 12.7. The Morgan fingerprint density at radius 3 is 1.56 bits per heavy atom. The third kappa shape index (κ3) is 6.42. The molecule has 4 unspecified atom stereocenters. The van der Waals surface area contributed by atoms with Gasteiger partial charge in [0.25, 0.3) is 0 Å². The lowest BCUT2D eigenvalue weighted by molar-refractivity contribution is -0.116. The monoisotopic (exact) mass is 613 g/mol. The number of rotatable bonds is 8. The first kappa shape index (κ1) is 29.4. The van der Waals surface area contributed by atoms with Gasteiger partial charge in [-0.1, -0.05) is 0 Å². The number of aromatic nitrogens is 3. The van der Waals surface area contributed by atoms with Gasteiger partial charge in [-0.05, 0) is 88.3 Å². The van der Waals surface area contributed by atoms with Gasteiger partial charge in [0.15, 0.2) is 5.82 Å². The zero-order chi connectivity index (χ0) is 30.9. The number of likely N-dealkylation sites (N-methyl/N-ethyl adjacent to an activating group) is 1. The van der Waals surface area contributed by atoms with Crippen molar-refractivity contribution in [2.45, 2.75) is 49.9 Å². The van der Waals surface area contributed by atoms with Crippen LogP contribution in [0.3, 0.4) is 0 Å². The highest BCUT2D eigenvalue weighted by atomic mass is 16.5. The molecule has 236 valence electrons. The topological polar surface area (TPSA) is 137 Å². The summed E-state index contributed by atoms with van der Waals surface area (Å²) < 4.78 is 11.7. The molecule has 4 fully saturated rings. The number of ether oxygens (including phenoxy) is 2. The highest BCUT2D eigenvalue weighted by Gasteiger charge is 2.42. The molecule has 4 bridgehead atoms. The molecule has 1 aromatic heterocycles. The average Bonchev–Trinajstić information content (AvgIpc) is 3.43. The van der Waals surface area contributed by atoms with Gasteiger partial charge < -0.3 is 40.1 Å². The maximum Gasteiger partial charge on any atom is 0.323 e. The summed E-state index contributed by atoms with van der Waals surface area (Å²) in [5, 5.41) is 8.54. The summed E-state index contributed by atoms with van der Waals surface area (Å²) >= 11 is 0. The first-order chi connectivity index (χ1) is 21.9.